The summed E-state index contributed by atoms with van der Waals surface area (Å²) in [5.41, 5.74) is 0.226. The number of halogens is 1. The van der Waals surface area contributed by atoms with Gasteiger partial charge in [-0.1, -0.05) is 18.2 Å². The summed E-state index contributed by atoms with van der Waals surface area (Å²) in [4.78, 5) is 10.7. The van der Waals surface area contributed by atoms with Crippen molar-refractivity contribution < 1.29 is 23.9 Å². The van der Waals surface area contributed by atoms with Gasteiger partial charge in [-0.05, 0) is 0 Å². The second-order valence-corrected chi connectivity index (χ2v) is 2.21. The van der Waals surface area contributed by atoms with Gasteiger partial charge in [-0.15, -0.1) is 40.6 Å². The van der Waals surface area contributed by atoms with Crippen LogP contribution in [-0.4, -0.2) is 0 Å². The van der Waals surface area contributed by atoms with Gasteiger partial charge in [0.15, 0.2) is 0 Å². The van der Waals surface area contributed by atoms with E-state index in [2.05, 4.69) is 6.07 Å². The third-order valence-electron chi connectivity index (χ3n) is 1.44. The van der Waals surface area contributed by atoms with Gasteiger partial charge in [0.1, 0.15) is 0 Å². The van der Waals surface area contributed by atoms with E-state index in [1.54, 1.807) is 6.07 Å². The first-order valence-electron chi connectivity index (χ1n) is 3.27. The molecule has 1 aromatic heterocycles. The van der Waals surface area contributed by atoms with Gasteiger partial charge in [-0.3, -0.25) is 0 Å². The predicted molar refractivity (Wildman–Crippen MR) is 51.6 cm³/mol. The maximum Gasteiger partial charge on any atom is 0.248 e. The largest absolute Gasteiger partial charge is 0.515 e. The van der Waals surface area contributed by atoms with Crippen molar-refractivity contribution in [2.75, 3.05) is 0 Å². The Hall–Kier alpha value is -0.467. The Balaban J connectivity index is 0.000000720. The van der Waals surface area contributed by atoms with Crippen molar-refractivity contribution in [2.24, 2.45) is 0 Å². The molecule has 0 aliphatic carbocycles. The number of benzene rings is 1. The van der Waals surface area contributed by atoms with Crippen molar-refractivity contribution in [2.45, 2.75) is 0 Å². The summed E-state index contributed by atoms with van der Waals surface area (Å²) in [7, 11) is 0. The number of para-hydroxylation sites is 1. The summed E-state index contributed by atoms with van der Waals surface area (Å²) in [6.45, 7) is 0. The first-order valence-corrected chi connectivity index (χ1v) is 3.27. The fourth-order valence-electron chi connectivity index (χ4n) is 0.949. The van der Waals surface area contributed by atoms with Crippen LogP contribution in [0.2, 0.25) is 0 Å². The average molecular weight is 291 g/mol. The van der Waals surface area contributed by atoms with Gasteiger partial charge in [0, 0.05) is 25.1 Å². The third kappa shape index (κ3) is 2.75. The Kier molecular flexibility index (Phi) is 5.11. The summed E-state index contributed by atoms with van der Waals surface area (Å²) < 4.78 is 4.87. The van der Waals surface area contributed by atoms with E-state index in [4.69, 9.17) is 4.42 Å². The van der Waals surface area contributed by atoms with Crippen molar-refractivity contribution in [3.05, 3.63) is 46.8 Å². The van der Waals surface area contributed by atoms with Crippen LogP contribution in [0.3, 0.4) is 0 Å². The quantitative estimate of drug-likeness (QED) is 0.423. The zero-order valence-electron chi connectivity index (χ0n) is 6.82. The molecule has 2 aromatic rings. The molecule has 0 bridgehead atoms. The topological polar surface area (TPSA) is 30.2 Å². The Morgan fingerprint density at radius 3 is 2.69 bits per heavy atom. The first kappa shape index (κ1) is 12.5. The van der Waals surface area contributed by atoms with Gasteiger partial charge in [0.25, 0.3) is 0 Å². The standard InChI is InChI=1S/C9H5O2.BrH.Zn/c10-9-6-5-7-3-1-2-4-8(7)11-9;;/h1-4,6H;1H;/q-1;;. The molecule has 1 heterocycles. The van der Waals surface area contributed by atoms with E-state index < -0.39 is 0 Å². The molecule has 0 amide bonds. The van der Waals surface area contributed by atoms with Crippen LogP contribution in [0.1, 0.15) is 0 Å². The predicted octanol–water partition coefficient (Wildman–Crippen LogP) is 2.17. The molecule has 0 N–H and O–H groups in total. The van der Waals surface area contributed by atoms with Gasteiger partial charge in [-0.2, -0.15) is 0 Å². The van der Waals surface area contributed by atoms with Crippen LogP contribution in [0.25, 0.3) is 11.0 Å². The Labute approximate surface area is 98.5 Å². The SMILES string of the molecule is Br.O=c1c[c-]c2ccccc2o1.[Zn]. The van der Waals surface area contributed by atoms with E-state index >= 15 is 0 Å². The van der Waals surface area contributed by atoms with Crippen LogP contribution >= 0.6 is 17.0 Å². The van der Waals surface area contributed by atoms with Crippen molar-refractivity contribution in [3.8, 4) is 0 Å². The molecule has 1 aromatic carbocycles. The second-order valence-electron chi connectivity index (χ2n) is 2.21. The van der Waals surface area contributed by atoms with E-state index in [0.717, 1.165) is 5.39 Å². The van der Waals surface area contributed by atoms with Crippen molar-refractivity contribution in [1.82, 2.24) is 0 Å². The van der Waals surface area contributed by atoms with Crippen LogP contribution in [0.5, 0.6) is 0 Å². The molecule has 0 saturated heterocycles. The zero-order chi connectivity index (χ0) is 7.68. The first-order chi connectivity index (χ1) is 5.36. The zero-order valence-corrected chi connectivity index (χ0v) is 11.5. The molecular formula is C9H6BrO2Zn-. The molecule has 0 aliphatic rings. The van der Waals surface area contributed by atoms with E-state index in [9.17, 15) is 4.79 Å². The van der Waals surface area contributed by atoms with Gasteiger partial charge >= 0.3 is 0 Å². The van der Waals surface area contributed by atoms with E-state index in [-0.39, 0.29) is 42.1 Å². The molecule has 64 valence electrons. The summed E-state index contributed by atoms with van der Waals surface area (Å²) in [6.07, 6.45) is 0. The maximum absolute atomic E-state index is 10.7. The smallest absolute Gasteiger partial charge is 0.248 e. The third-order valence-corrected chi connectivity index (χ3v) is 1.44. The van der Waals surface area contributed by atoms with E-state index in [0.29, 0.717) is 5.58 Å². The van der Waals surface area contributed by atoms with Crippen molar-refractivity contribution in [3.63, 3.8) is 0 Å². The summed E-state index contributed by atoms with van der Waals surface area (Å²) in [5, 5.41) is 0.826. The van der Waals surface area contributed by atoms with E-state index in [1.807, 2.05) is 18.2 Å². The molecule has 2 rings (SSSR count). The van der Waals surface area contributed by atoms with Gasteiger partial charge in [0.05, 0.1) is 0 Å². The number of hydrogen-bond acceptors (Lipinski definition) is 2. The molecule has 2 nitrogen and oxygen atoms in total. The molecule has 0 fully saturated rings. The fraction of sp³-hybridized carbons (Fsp3) is 0. The minimum Gasteiger partial charge on any atom is -0.515 e. The molecule has 13 heavy (non-hydrogen) atoms. The van der Waals surface area contributed by atoms with Gasteiger partial charge in [0.2, 0.25) is 5.63 Å². The Morgan fingerprint density at radius 1 is 1.23 bits per heavy atom. The van der Waals surface area contributed by atoms with Crippen molar-refractivity contribution in [1.29, 1.82) is 0 Å². The van der Waals surface area contributed by atoms with Crippen LogP contribution in [-0.2, 0) is 19.5 Å². The second kappa shape index (κ2) is 5.30. The maximum atomic E-state index is 10.7. The van der Waals surface area contributed by atoms with Crippen LogP contribution in [0.4, 0.5) is 0 Å². The Morgan fingerprint density at radius 2 is 1.92 bits per heavy atom. The minimum absolute atomic E-state index is 0. The number of hydrogen-bond donors (Lipinski definition) is 0. The van der Waals surface area contributed by atoms with Gasteiger partial charge in [-0.25, -0.2) is 0 Å². The number of rotatable bonds is 0. The van der Waals surface area contributed by atoms with Crippen LogP contribution < -0.4 is 5.63 Å². The Bertz CT molecular complexity index is 439. The van der Waals surface area contributed by atoms with Crippen LogP contribution in [0.15, 0.2) is 39.5 Å². The van der Waals surface area contributed by atoms with Crippen LogP contribution in [0, 0.1) is 6.07 Å². The molecule has 0 radical (unpaired) electrons. The molecule has 0 saturated carbocycles. The molecule has 0 aliphatic heterocycles. The molecular weight excluding hydrogens is 285 g/mol. The minimum atomic E-state index is -0.358. The van der Waals surface area contributed by atoms with Gasteiger partial charge < -0.3 is 9.21 Å². The fourth-order valence-corrected chi connectivity index (χ4v) is 0.949. The molecule has 0 unspecified atom stereocenters. The monoisotopic (exact) mass is 289 g/mol. The molecule has 0 atom stereocenters. The molecule has 0 spiro atoms. The number of fused-ring (bicyclic) bond motifs is 1. The normalized spacial score (nSPS) is 8.62. The summed E-state index contributed by atoms with van der Waals surface area (Å²) in [6, 6.07) is 11.4. The van der Waals surface area contributed by atoms with Crippen molar-refractivity contribution >= 4 is 28.0 Å². The summed E-state index contributed by atoms with van der Waals surface area (Å²) in [5.74, 6) is 0. The summed E-state index contributed by atoms with van der Waals surface area (Å²) >= 11 is 0. The van der Waals surface area contributed by atoms with E-state index in [1.165, 1.54) is 6.07 Å². The average Bonchev–Trinajstić information content (AvgIpc) is 2.04. The molecule has 4 heteroatoms.